The summed E-state index contributed by atoms with van der Waals surface area (Å²) in [6.45, 7) is 4.44. The van der Waals surface area contributed by atoms with Crippen LogP contribution in [0.25, 0.3) is 0 Å². The third kappa shape index (κ3) is 4.14. The summed E-state index contributed by atoms with van der Waals surface area (Å²) in [4.78, 5) is 8.30. The minimum absolute atomic E-state index is 0.481. The minimum atomic E-state index is 0.481. The number of anilines is 2. The molecule has 2 N–H and O–H groups in total. The van der Waals surface area contributed by atoms with Crippen molar-refractivity contribution in [2.24, 2.45) is 0 Å². The molecule has 5 nitrogen and oxygen atoms in total. The highest BCUT2D eigenvalue weighted by Crippen LogP contribution is 2.20. The van der Waals surface area contributed by atoms with Gasteiger partial charge in [0.25, 0.3) is 0 Å². The van der Waals surface area contributed by atoms with Crippen LogP contribution in [0.15, 0.2) is 12.4 Å². The number of hydrogen-bond acceptors (Lipinski definition) is 5. The zero-order valence-corrected chi connectivity index (χ0v) is 11.0. The standard InChI is InChI=1S/C13H22N4O/c1-2-14-12-9-13(17-10-16-12)15-7-8-18-11-5-3-4-6-11/h9-11H,2-8H2,1H3,(H2,14,15,16,17). The van der Waals surface area contributed by atoms with Gasteiger partial charge in [-0.05, 0) is 19.8 Å². The first-order chi connectivity index (χ1) is 8.88. The maximum Gasteiger partial charge on any atom is 0.131 e. The van der Waals surface area contributed by atoms with Crippen molar-refractivity contribution in [2.45, 2.75) is 38.7 Å². The van der Waals surface area contributed by atoms with Gasteiger partial charge in [-0.1, -0.05) is 12.8 Å². The third-order valence-corrected chi connectivity index (χ3v) is 3.09. The van der Waals surface area contributed by atoms with Gasteiger partial charge in [-0.15, -0.1) is 0 Å². The topological polar surface area (TPSA) is 59.1 Å². The molecule has 0 atom stereocenters. The smallest absolute Gasteiger partial charge is 0.131 e. The Morgan fingerprint density at radius 3 is 2.67 bits per heavy atom. The van der Waals surface area contributed by atoms with Gasteiger partial charge in [0.05, 0.1) is 12.7 Å². The fraction of sp³-hybridized carbons (Fsp3) is 0.692. The largest absolute Gasteiger partial charge is 0.376 e. The molecular formula is C13H22N4O. The molecule has 1 heterocycles. The predicted molar refractivity (Wildman–Crippen MR) is 72.9 cm³/mol. The summed E-state index contributed by atoms with van der Waals surface area (Å²) in [6, 6.07) is 1.92. The lowest BCUT2D eigenvalue weighted by molar-refractivity contribution is 0.0658. The second kappa shape index (κ2) is 7.16. The van der Waals surface area contributed by atoms with E-state index in [0.717, 1.165) is 31.3 Å². The lowest BCUT2D eigenvalue weighted by atomic mass is 10.3. The van der Waals surface area contributed by atoms with Gasteiger partial charge < -0.3 is 15.4 Å². The number of ether oxygens (including phenoxy) is 1. The summed E-state index contributed by atoms with van der Waals surface area (Å²) < 4.78 is 5.78. The third-order valence-electron chi connectivity index (χ3n) is 3.09. The normalized spacial score (nSPS) is 15.8. The van der Waals surface area contributed by atoms with E-state index in [9.17, 15) is 0 Å². The molecule has 18 heavy (non-hydrogen) atoms. The highest BCUT2D eigenvalue weighted by atomic mass is 16.5. The van der Waals surface area contributed by atoms with Gasteiger partial charge in [-0.3, -0.25) is 0 Å². The average Bonchev–Trinajstić information content (AvgIpc) is 2.89. The summed E-state index contributed by atoms with van der Waals surface area (Å²) in [5, 5.41) is 6.41. The quantitative estimate of drug-likeness (QED) is 0.727. The van der Waals surface area contributed by atoms with Gasteiger partial charge in [0.2, 0.25) is 0 Å². The van der Waals surface area contributed by atoms with Crippen LogP contribution in [0.2, 0.25) is 0 Å². The van der Waals surface area contributed by atoms with Crippen LogP contribution in [0.1, 0.15) is 32.6 Å². The Bertz CT molecular complexity index is 353. The van der Waals surface area contributed by atoms with Gasteiger partial charge in [0, 0.05) is 19.2 Å². The van der Waals surface area contributed by atoms with Crippen molar-refractivity contribution < 1.29 is 4.74 Å². The molecule has 1 aliphatic rings. The molecule has 100 valence electrons. The van der Waals surface area contributed by atoms with Gasteiger partial charge in [0.1, 0.15) is 18.0 Å². The fourth-order valence-electron chi connectivity index (χ4n) is 2.19. The van der Waals surface area contributed by atoms with Crippen LogP contribution < -0.4 is 10.6 Å². The van der Waals surface area contributed by atoms with Crippen molar-refractivity contribution in [3.05, 3.63) is 12.4 Å². The molecule has 1 aromatic heterocycles. The van der Waals surface area contributed by atoms with E-state index in [1.807, 2.05) is 13.0 Å². The first kappa shape index (κ1) is 13.1. The number of hydrogen-bond donors (Lipinski definition) is 2. The van der Waals surface area contributed by atoms with E-state index in [2.05, 4.69) is 20.6 Å². The number of nitrogens with one attached hydrogen (secondary N) is 2. The Kier molecular flexibility index (Phi) is 5.20. The molecule has 1 aromatic rings. The summed E-state index contributed by atoms with van der Waals surface area (Å²) in [6.07, 6.45) is 7.12. The number of aromatic nitrogens is 2. The van der Waals surface area contributed by atoms with Gasteiger partial charge >= 0.3 is 0 Å². The SMILES string of the molecule is CCNc1cc(NCCOC2CCCC2)ncn1. The Morgan fingerprint density at radius 1 is 1.22 bits per heavy atom. The molecule has 2 rings (SSSR count). The Labute approximate surface area is 108 Å². The molecule has 0 amide bonds. The van der Waals surface area contributed by atoms with Crippen molar-refractivity contribution >= 4 is 11.6 Å². The average molecular weight is 250 g/mol. The minimum Gasteiger partial charge on any atom is -0.376 e. The first-order valence-electron chi connectivity index (χ1n) is 6.80. The molecule has 1 aliphatic carbocycles. The monoisotopic (exact) mass is 250 g/mol. The Hall–Kier alpha value is -1.36. The number of nitrogens with zero attached hydrogens (tertiary/aromatic N) is 2. The van der Waals surface area contributed by atoms with Crippen LogP contribution >= 0.6 is 0 Å². The van der Waals surface area contributed by atoms with Gasteiger partial charge in [0.15, 0.2) is 0 Å². The van der Waals surface area contributed by atoms with Crippen molar-refractivity contribution in [3.8, 4) is 0 Å². The summed E-state index contributed by atoms with van der Waals surface area (Å²) in [5.74, 6) is 1.70. The van der Waals surface area contributed by atoms with Crippen LogP contribution in [0.3, 0.4) is 0 Å². The van der Waals surface area contributed by atoms with E-state index in [-0.39, 0.29) is 0 Å². The molecular weight excluding hydrogens is 228 g/mol. The van der Waals surface area contributed by atoms with E-state index in [1.165, 1.54) is 25.7 Å². The van der Waals surface area contributed by atoms with Crippen molar-refractivity contribution in [1.82, 2.24) is 9.97 Å². The molecule has 0 spiro atoms. The molecule has 0 saturated heterocycles. The highest BCUT2D eigenvalue weighted by molar-refractivity contribution is 5.46. The molecule has 1 fully saturated rings. The van der Waals surface area contributed by atoms with Crippen LogP contribution in [0.4, 0.5) is 11.6 Å². The van der Waals surface area contributed by atoms with Gasteiger partial charge in [-0.25, -0.2) is 9.97 Å². The van der Waals surface area contributed by atoms with E-state index in [0.29, 0.717) is 6.10 Å². The van der Waals surface area contributed by atoms with Crippen LogP contribution in [-0.2, 0) is 4.74 Å². The second-order valence-electron chi connectivity index (χ2n) is 4.52. The first-order valence-corrected chi connectivity index (χ1v) is 6.80. The zero-order chi connectivity index (χ0) is 12.6. The van der Waals surface area contributed by atoms with Gasteiger partial charge in [-0.2, -0.15) is 0 Å². The van der Waals surface area contributed by atoms with E-state index in [4.69, 9.17) is 4.74 Å². The van der Waals surface area contributed by atoms with Crippen molar-refractivity contribution in [3.63, 3.8) is 0 Å². The van der Waals surface area contributed by atoms with E-state index >= 15 is 0 Å². The lowest BCUT2D eigenvalue weighted by Gasteiger charge is -2.12. The molecule has 5 heteroatoms. The Morgan fingerprint density at radius 2 is 1.94 bits per heavy atom. The number of rotatable bonds is 7. The molecule has 0 unspecified atom stereocenters. The zero-order valence-electron chi connectivity index (χ0n) is 11.0. The summed E-state index contributed by atoms with van der Waals surface area (Å²) >= 11 is 0. The maximum atomic E-state index is 5.78. The fourth-order valence-corrected chi connectivity index (χ4v) is 2.19. The molecule has 0 radical (unpaired) electrons. The summed E-state index contributed by atoms with van der Waals surface area (Å²) in [5.41, 5.74) is 0. The molecule has 0 bridgehead atoms. The Balaban J connectivity index is 1.67. The second-order valence-corrected chi connectivity index (χ2v) is 4.52. The van der Waals surface area contributed by atoms with Crippen molar-refractivity contribution in [2.75, 3.05) is 30.3 Å². The lowest BCUT2D eigenvalue weighted by Crippen LogP contribution is -2.16. The maximum absolute atomic E-state index is 5.78. The molecule has 0 aliphatic heterocycles. The van der Waals surface area contributed by atoms with Crippen LogP contribution in [0, 0.1) is 0 Å². The molecule has 0 aromatic carbocycles. The van der Waals surface area contributed by atoms with Crippen LogP contribution in [-0.4, -0.2) is 35.8 Å². The van der Waals surface area contributed by atoms with Crippen molar-refractivity contribution in [1.29, 1.82) is 0 Å². The summed E-state index contributed by atoms with van der Waals surface area (Å²) in [7, 11) is 0. The predicted octanol–water partition coefficient (Wildman–Crippen LogP) is 2.28. The van der Waals surface area contributed by atoms with E-state index < -0.39 is 0 Å². The molecule has 1 saturated carbocycles. The van der Waals surface area contributed by atoms with Crippen LogP contribution in [0.5, 0.6) is 0 Å². The highest BCUT2D eigenvalue weighted by Gasteiger charge is 2.14. The van der Waals surface area contributed by atoms with E-state index in [1.54, 1.807) is 6.33 Å².